The van der Waals surface area contributed by atoms with E-state index in [0.717, 1.165) is 9.87 Å². The SMILES string of the molecule is N#Cc1ccc(S(=O)(=O)N2c3ccccc3CC[C@H]2C(N)=O)cc1Cl. The Morgan fingerprint density at radius 3 is 2.64 bits per heavy atom. The van der Waals surface area contributed by atoms with E-state index < -0.39 is 22.0 Å². The van der Waals surface area contributed by atoms with E-state index >= 15 is 0 Å². The summed E-state index contributed by atoms with van der Waals surface area (Å²) in [6.07, 6.45) is 0.861. The molecule has 3 rings (SSSR count). The van der Waals surface area contributed by atoms with E-state index in [0.29, 0.717) is 18.5 Å². The van der Waals surface area contributed by atoms with Gasteiger partial charge in [-0.15, -0.1) is 0 Å². The number of fused-ring (bicyclic) bond motifs is 1. The van der Waals surface area contributed by atoms with Gasteiger partial charge in [-0.05, 0) is 42.7 Å². The molecular formula is C17H14ClN3O3S. The number of nitrogens with two attached hydrogens (primary N) is 1. The number of carbonyl (C=O) groups excluding carboxylic acids is 1. The van der Waals surface area contributed by atoms with Crippen LogP contribution < -0.4 is 10.0 Å². The van der Waals surface area contributed by atoms with E-state index in [1.54, 1.807) is 12.1 Å². The zero-order chi connectivity index (χ0) is 18.2. The first-order valence-corrected chi connectivity index (χ1v) is 9.29. The number of amides is 1. The Bertz CT molecular complexity index is 998. The second kappa shape index (κ2) is 6.39. The summed E-state index contributed by atoms with van der Waals surface area (Å²) in [4.78, 5) is 11.8. The maximum Gasteiger partial charge on any atom is 0.265 e. The molecule has 0 saturated carbocycles. The third-order valence-electron chi connectivity index (χ3n) is 4.15. The number of benzene rings is 2. The zero-order valence-corrected chi connectivity index (χ0v) is 14.6. The average Bonchev–Trinajstić information content (AvgIpc) is 2.60. The van der Waals surface area contributed by atoms with Crippen LogP contribution in [0, 0.1) is 11.3 Å². The Hall–Kier alpha value is -2.56. The van der Waals surface area contributed by atoms with Gasteiger partial charge in [-0.25, -0.2) is 8.42 Å². The summed E-state index contributed by atoms with van der Waals surface area (Å²) in [5, 5.41) is 8.98. The first-order chi connectivity index (χ1) is 11.9. The molecule has 0 radical (unpaired) electrons. The second-order valence-electron chi connectivity index (χ2n) is 5.64. The molecule has 2 aromatic rings. The molecule has 0 spiro atoms. The molecule has 6 nitrogen and oxygen atoms in total. The van der Waals surface area contributed by atoms with E-state index in [9.17, 15) is 13.2 Å². The van der Waals surface area contributed by atoms with Gasteiger partial charge in [-0.1, -0.05) is 29.8 Å². The summed E-state index contributed by atoms with van der Waals surface area (Å²) in [5.41, 5.74) is 6.87. The monoisotopic (exact) mass is 375 g/mol. The van der Waals surface area contributed by atoms with Gasteiger partial charge in [0, 0.05) is 0 Å². The number of halogens is 1. The number of para-hydroxylation sites is 1. The van der Waals surface area contributed by atoms with Crippen LogP contribution in [0.4, 0.5) is 5.69 Å². The number of hydrogen-bond donors (Lipinski definition) is 1. The predicted octanol–water partition coefficient (Wildman–Crippen LogP) is 2.21. The van der Waals surface area contributed by atoms with Crippen molar-refractivity contribution in [3.05, 3.63) is 58.6 Å². The van der Waals surface area contributed by atoms with Crippen molar-refractivity contribution in [1.82, 2.24) is 0 Å². The van der Waals surface area contributed by atoms with Crippen molar-refractivity contribution in [3.8, 4) is 6.07 Å². The van der Waals surface area contributed by atoms with Crippen molar-refractivity contribution in [2.45, 2.75) is 23.8 Å². The standard InChI is InChI=1S/C17H14ClN3O3S/c18-14-9-13(7-5-12(14)10-19)25(23,24)21-15-4-2-1-3-11(15)6-8-16(21)17(20)22/h1-5,7,9,16H,6,8H2,(H2,20,22)/t16-/m0/s1. The van der Waals surface area contributed by atoms with Crippen LogP contribution in [0.5, 0.6) is 0 Å². The molecule has 128 valence electrons. The first-order valence-electron chi connectivity index (χ1n) is 7.47. The predicted molar refractivity (Wildman–Crippen MR) is 93.6 cm³/mol. The third-order valence-corrected chi connectivity index (χ3v) is 6.28. The Balaban J connectivity index is 2.18. The molecule has 0 saturated heterocycles. The highest BCUT2D eigenvalue weighted by Crippen LogP contribution is 2.36. The molecule has 1 atom stereocenters. The number of rotatable bonds is 3. The number of aryl methyl sites for hydroxylation is 1. The summed E-state index contributed by atoms with van der Waals surface area (Å²) < 4.78 is 27.4. The summed E-state index contributed by atoms with van der Waals surface area (Å²) in [5.74, 6) is -0.710. The molecule has 0 aliphatic carbocycles. The number of nitrogens with zero attached hydrogens (tertiary/aromatic N) is 2. The van der Waals surface area contributed by atoms with Crippen LogP contribution in [-0.4, -0.2) is 20.4 Å². The van der Waals surface area contributed by atoms with Gasteiger partial charge in [0.05, 0.1) is 21.2 Å². The number of primary amides is 1. The lowest BCUT2D eigenvalue weighted by Gasteiger charge is -2.36. The fourth-order valence-electron chi connectivity index (χ4n) is 2.93. The molecule has 2 N–H and O–H groups in total. The molecule has 0 unspecified atom stereocenters. The van der Waals surface area contributed by atoms with E-state index in [1.807, 2.05) is 18.2 Å². The smallest absolute Gasteiger partial charge is 0.265 e. The normalized spacial score (nSPS) is 16.8. The van der Waals surface area contributed by atoms with Crippen molar-refractivity contribution in [2.75, 3.05) is 4.31 Å². The second-order valence-corrected chi connectivity index (χ2v) is 7.86. The lowest BCUT2D eigenvalue weighted by atomic mass is 9.98. The molecule has 0 aromatic heterocycles. The minimum Gasteiger partial charge on any atom is -0.368 e. The van der Waals surface area contributed by atoms with Crippen LogP contribution in [0.25, 0.3) is 0 Å². The molecule has 25 heavy (non-hydrogen) atoms. The average molecular weight is 376 g/mol. The largest absolute Gasteiger partial charge is 0.368 e. The Labute approximate surface area is 150 Å². The maximum absolute atomic E-state index is 13.2. The van der Waals surface area contributed by atoms with Crippen LogP contribution in [0.3, 0.4) is 0 Å². The molecule has 8 heteroatoms. The van der Waals surface area contributed by atoms with Gasteiger partial charge in [0.1, 0.15) is 12.1 Å². The lowest BCUT2D eigenvalue weighted by molar-refractivity contribution is -0.119. The molecule has 1 amide bonds. The van der Waals surface area contributed by atoms with Gasteiger partial charge < -0.3 is 5.73 Å². The Kier molecular flexibility index (Phi) is 4.41. The van der Waals surface area contributed by atoms with Crippen molar-refractivity contribution >= 4 is 33.2 Å². The van der Waals surface area contributed by atoms with Crippen molar-refractivity contribution in [3.63, 3.8) is 0 Å². The third kappa shape index (κ3) is 2.95. The van der Waals surface area contributed by atoms with Crippen LogP contribution in [-0.2, 0) is 21.2 Å². The molecule has 1 aliphatic heterocycles. The van der Waals surface area contributed by atoms with E-state index in [4.69, 9.17) is 22.6 Å². The Morgan fingerprint density at radius 1 is 1.28 bits per heavy atom. The topological polar surface area (TPSA) is 104 Å². The highest BCUT2D eigenvalue weighted by Gasteiger charge is 2.39. The summed E-state index contributed by atoms with van der Waals surface area (Å²) >= 11 is 5.98. The first kappa shape index (κ1) is 17.3. The van der Waals surface area contributed by atoms with Crippen molar-refractivity contribution in [1.29, 1.82) is 5.26 Å². The van der Waals surface area contributed by atoms with Gasteiger partial charge in [0.2, 0.25) is 5.91 Å². The van der Waals surface area contributed by atoms with Gasteiger partial charge in [0.15, 0.2) is 0 Å². The highest BCUT2D eigenvalue weighted by molar-refractivity contribution is 7.93. The molecule has 1 aliphatic rings. The minimum atomic E-state index is -4.08. The van der Waals surface area contributed by atoms with Crippen molar-refractivity contribution < 1.29 is 13.2 Å². The fraction of sp³-hybridized carbons (Fsp3) is 0.176. The Morgan fingerprint density at radius 2 is 2.00 bits per heavy atom. The van der Waals surface area contributed by atoms with Crippen LogP contribution in [0.2, 0.25) is 5.02 Å². The van der Waals surface area contributed by atoms with Crippen molar-refractivity contribution in [2.24, 2.45) is 5.73 Å². The fourth-order valence-corrected chi connectivity index (χ4v) is 4.93. The van der Waals surface area contributed by atoms with Gasteiger partial charge in [-0.3, -0.25) is 9.10 Å². The summed E-state index contributed by atoms with van der Waals surface area (Å²) in [6, 6.07) is 11.7. The summed E-state index contributed by atoms with van der Waals surface area (Å²) in [6.45, 7) is 0. The maximum atomic E-state index is 13.2. The summed E-state index contributed by atoms with van der Waals surface area (Å²) in [7, 11) is -4.08. The van der Waals surface area contributed by atoms with Gasteiger partial charge >= 0.3 is 0 Å². The number of carbonyl (C=O) groups is 1. The number of sulfonamides is 1. The number of nitriles is 1. The molecule has 0 bridgehead atoms. The van der Waals surface area contributed by atoms with Crippen LogP contribution in [0.1, 0.15) is 17.5 Å². The zero-order valence-electron chi connectivity index (χ0n) is 13.0. The van der Waals surface area contributed by atoms with Gasteiger partial charge in [-0.2, -0.15) is 5.26 Å². The highest BCUT2D eigenvalue weighted by atomic mass is 35.5. The van der Waals surface area contributed by atoms with E-state index in [2.05, 4.69) is 0 Å². The van der Waals surface area contributed by atoms with E-state index in [1.165, 1.54) is 18.2 Å². The molecule has 0 fully saturated rings. The number of hydrogen-bond acceptors (Lipinski definition) is 4. The number of anilines is 1. The lowest BCUT2D eigenvalue weighted by Crippen LogP contribution is -2.50. The van der Waals surface area contributed by atoms with Gasteiger partial charge in [0.25, 0.3) is 10.0 Å². The minimum absolute atomic E-state index is 0.0319. The van der Waals surface area contributed by atoms with Crippen LogP contribution in [0.15, 0.2) is 47.4 Å². The molecular weight excluding hydrogens is 362 g/mol. The van der Waals surface area contributed by atoms with Crippen LogP contribution >= 0.6 is 11.6 Å². The molecule has 1 heterocycles. The quantitative estimate of drug-likeness (QED) is 0.887. The van der Waals surface area contributed by atoms with E-state index in [-0.39, 0.29) is 15.5 Å². The molecule has 2 aromatic carbocycles.